The molecule has 5 heteroatoms. The van der Waals surface area contributed by atoms with Gasteiger partial charge in [-0.3, -0.25) is 4.99 Å². The van der Waals surface area contributed by atoms with Crippen LogP contribution in [0.3, 0.4) is 0 Å². The predicted molar refractivity (Wildman–Crippen MR) is 90.0 cm³/mol. The van der Waals surface area contributed by atoms with Crippen molar-refractivity contribution in [1.29, 1.82) is 0 Å². The number of nitrogens with one attached hydrogen (secondary N) is 2. The molecule has 2 saturated carbocycles. The Morgan fingerprint density at radius 1 is 1.43 bits per heavy atom. The summed E-state index contributed by atoms with van der Waals surface area (Å²) in [6.45, 7) is 4.12. The van der Waals surface area contributed by atoms with Crippen LogP contribution in [0.2, 0.25) is 0 Å². The van der Waals surface area contributed by atoms with Crippen LogP contribution < -0.4 is 10.6 Å². The summed E-state index contributed by atoms with van der Waals surface area (Å²) < 4.78 is 0. The van der Waals surface area contributed by atoms with Gasteiger partial charge in [0.05, 0.1) is 12.6 Å². The van der Waals surface area contributed by atoms with Gasteiger partial charge in [-0.1, -0.05) is 6.07 Å². The molecule has 1 aromatic rings. The van der Waals surface area contributed by atoms with E-state index in [0.717, 1.165) is 25.1 Å². The van der Waals surface area contributed by atoms with Crippen LogP contribution >= 0.6 is 11.3 Å². The van der Waals surface area contributed by atoms with Crippen LogP contribution in [0.5, 0.6) is 0 Å². The fraction of sp³-hybridized carbons (Fsp3) is 0.688. The van der Waals surface area contributed by atoms with Crippen molar-refractivity contribution < 1.29 is 0 Å². The molecule has 1 heterocycles. The van der Waals surface area contributed by atoms with Crippen molar-refractivity contribution >= 4 is 17.3 Å². The highest BCUT2D eigenvalue weighted by Crippen LogP contribution is 2.24. The molecule has 1 aromatic heterocycles. The molecule has 2 aliphatic carbocycles. The molecule has 3 rings (SSSR count). The minimum atomic E-state index is 0.316. The number of likely N-dealkylation sites (N-methyl/N-ethyl adjacent to an activating group) is 1. The molecular weight excluding hydrogens is 280 g/mol. The number of rotatable bonds is 7. The Labute approximate surface area is 131 Å². The topological polar surface area (TPSA) is 39.7 Å². The van der Waals surface area contributed by atoms with Crippen molar-refractivity contribution in [3.8, 4) is 0 Å². The Kier molecular flexibility index (Phi) is 4.80. The summed E-state index contributed by atoms with van der Waals surface area (Å²) in [5.74, 6) is 0.975. The summed E-state index contributed by atoms with van der Waals surface area (Å²) in [6.07, 6.45) is 5.27. The standard InChI is InChI=1S/C16H26N4S/c1-12(15-4-3-11-21-15)18-16(19-13-5-6-13)17-9-10-20(2)14-7-8-14/h3-4,11-14H,5-10H2,1-2H3,(H2,17,18,19)/t12-/m1/s1. The van der Waals surface area contributed by atoms with Gasteiger partial charge in [-0.25, -0.2) is 0 Å². The summed E-state index contributed by atoms with van der Waals surface area (Å²) >= 11 is 1.79. The van der Waals surface area contributed by atoms with Crippen LogP contribution in [-0.2, 0) is 0 Å². The SMILES string of the molecule is C[C@@H](NC(=NCCN(C)C1CC1)NC1CC1)c1cccs1. The molecule has 0 unspecified atom stereocenters. The van der Waals surface area contributed by atoms with E-state index in [0.29, 0.717) is 12.1 Å². The molecule has 0 bridgehead atoms. The number of hydrogen-bond donors (Lipinski definition) is 2. The van der Waals surface area contributed by atoms with Crippen molar-refractivity contribution in [2.24, 2.45) is 4.99 Å². The maximum Gasteiger partial charge on any atom is 0.192 e. The molecule has 0 spiro atoms. The third-order valence-electron chi connectivity index (χ3n) is 4.13. The Morgan fingerprint density at radius 2 is 2.24 bits per heavy atom. The van der Waals surface area contributed by atoms with Gasteiger partial charge in [-0.05, 0) is 51.1 Å². The number of guanidine groups is 1. The lowest BCUT2D eigenvalue weighted by atomic mass is 10.3. The van der Waals surface area contributed by atoms with E-state index < -0.39 is 0 Å². The third kappa shape index (κ3) is 4.71. The van der Waals surface area contributed by atoms with Gasteiger partial charge in [0.1, 0.15) is 0 Å². The van der Waals surface area contributed by atoms with Crippen molar-refractivity contribution in [2.45, 2.75) is 50.7 Å². The fourth-order valence-electron chi connectivity index (χ4n) is 2.39. The molecule has 2 fully saturated rings. The monoisotopic (exact) mass is 306 g/mol. The summed E-state index contributed by atoms with van der Waals surface area (Å²) in [5, 5.41) is 9.20. The summed E-state index contributed by atoms with van der Waals surface area (Å²) in [6, 6.07) is 6.05. The molecule has 4 nitrogen and oxygen atoms in total. The minimum Gasteiger partial charge on any atom is -0.354 e. The quantitative estimate of drug-likeness (QED) is 0.601. The van der Waals surface area contributed by atoms with E-state index in [-0.39, 0.29) is 0 Å². The van der Waals surface area contributed by atoms with Gasteiger partial charge in [0, 0.05) is 23.5 Å². The fourth-order valence-corrected chi connectivity index (χ4v) is 3.12. The Balaban J connectivity index is 1.51. The van der Waals surface area contributed by atoms with E-state index in [1.54, 1.807) is 11.3 Å². The summed E-state index contributed by atoms with van der Waals surface area (Å²) in [4.78, 5) is 8.55. The summed E-state index contributed by atoms with van der Waals surface area (Å²) in [7, 11) is 2.21. The van der Waals surface area contributed by atoms with Crippen molar-refractivity contribution in [3.05, 3.63) is 22.4 Å². The van der Waals surface area contributed by atoms with E-state index in [9.17, 15) is 0 Å². The van der Waals surface area contributed by atoms with Gasteiger partial charge < -0.3 is 15.5 Å². The molecule has 0 amide bonds. The lowest BCUT2D eigenvalue weighted by molar-refractivity contribution is 0.333. The van der Waals surface area contributed by atoms with E-state index in [2.05, 4.69) is 47.0 Å². The molecule has 1 atom stereocenters. The van der Waals surface area contributed by atoms with Gasteiger partial charge in [0.2, 0.25) is 0 Å². The van der Waals surface area contributed by atoms with Gasteiger partial charge in [-0.15, -0.1) is 11.3 Å². The molecule has 2 aliphatic rings. The molecule has 2 N–H and O–H groups in total. The maximum absolute atomic E-state index is 4.76. The average Bonchev–Trinajstić information content (AvgIpc) is 3.39. The lowest BCUT2D eigenvalue weighted by Gasteiger charge is -2.18. The third-order valence-corrected chi connectivity index (χ3v) is 5.19. The Hall–Kier alpha value is -1.07. The Morgan fingerprint density at radius 3 is 2.86 bits per heavy atom. The second-order valence-electron chi connectivity index (χ2n) is 6.24. The second kappa shape index (κ2) is 6.79. The molecule has 0 aromatic carbocycles. The predicted octanol–water partition coefficient (Wildman–Crippen LogP) is 2.60. The number of hydrogen-bond acceptors (Lipinski definition) is 3. The van der Waals surface area contributed by atoms with Crippen LogP contribution in [0.4, 0.5) is 0 Å². The second-order valence-corrected chi connectivity index (χ2v) is 7.22. The van der Waals surface area contributed by atoms with Crippen LogP contribution in [0, 0.1) is 0 Å². The first-order chi connectivity index (χ1) is 10.2. The first kappa shape index (κ1) is 14.9. The largest absolute Gasteiger partial charge is 0.354 e. The number of nitrogens with zero attached hydrogens (tertiary/aromatic N) is 2. The van der Waals surface area contributed by atoms with E-state index in [1.165, 1.54) is 30.6 Å². The zero-order valence-corrected chi connectivity index (χ0v) is 13.8. The smallest absolute Gasteiger partial charge is 0.192 e. The zero-order chi connectivity index (χ0) is 14.7. The van der Waals surface area contributed by atoms with Crippen molar-refractivity contribution in [1.82, 2.24) is 15.5 Å². The van der Waals surface area contributed by atoms with E-state index in [4.69, 9.17) is 4.99 Å². The first-order valence-corrected chi connectivity index (χ1v) is 8.91. The highest BCUT2D eigenvalue weighted by Gasteiger charge is 2.26. The van der Waals surface area contributed by atoms with E-state index >= 15 is 0 Å². The Bertz CT molecular complexity index is 463. The minimum absolute atomic E-state index is 0.316. The highest BCUT2D eigenvalue weighted by atomic mass is 32.1. The van der Waals surface area contributed by atoms with Gasteiger partial charge in [0.15, 0.2) is 5.96 Å². The van der Waals surface area contributed by atoms with Crippen molar-refractivity contribution in [3.63, 3.8) is 0 Å². The van der Waals surface area contributed by atoms with Crippen LogP contribution in [0.15, 0.2) is 22.5 Å². The molecule has 0 saturated heterocycles. The molecule has 21 heavy (non-hydrogen) atoms. The van der Waals surface area contributed by atoms with Gasteiger partial charge in [0.25, 0.3) is 0 Å². The molecule has 0 aliphatic heterocycles. The maximum atomic E-state index is 4.76. The molecule has 0 radical (unpaired) electrons. The highest BCUT2D eigenvalue weighted by molar-refractivity contribution is 7.10. The molecule has 116 valence electrons. The number of aliphatic imine (C=N–C) groups is 1. The summed E-state index contributed by atoms with van der Waals surface area (Å²) in [5.41, 5.74) is 0. The van der Waals surface area contributed by atoms with E-state index in [1.807, 2.05) is 0 Å². The van der Waals surface area contributed by atoms with Crippen LogP contribution in [0.1, 0.15) is 43.5 Å². The average molecular weight is 306 g/mol. The van der Waals surface area contributed by atoms with Crippen molar-refractivity contribution in [2.75, 3.05) is 20.1 Å². The van der Waals surface area contributed by atoms with Crippen LogP contribution in [0.25, 0.3) is 0 Å². The lowest BCUT2D eigenvalue weighted by Crippen LogP contribution is -2.40. The van der Waals surface area contributed by atoms with Gasteiger partial charge in [-0.2, -0.15) is 0 Å². The zero-order valence-electron chi connectivity index (χ0n) is 13.0. The van der Waals surface area contributed by atoms with Crippen LogP contribution in [-0.4, -0.2) is 43.1 Å². The normalized spacial score (nSPS) is 20.6. The number of thiophene rings is 1. The van der Waals surface area contributed by atoms with Gasteiger partial charge >= 0.3 is 0 Å². The first-order valence-electron chi connectivity index (χ1n) is 8.03. The molecular formula is C16H26N4S.